The lowest BCUT2D eigenvalue weighted by atomic mass is 10.3. The topological polar surface area (TPSA) is 58.2 Å². The molecule has 4 nitrogen and oxygen atoms in total. The molecule has 2 N–H and O–H groups in total. The van der Waals surface area contributed by atoms with E-state index in [0.29, 0.717) is 10.7 Å². The molecule has 0 radical (unpaired) electrons. The molecule has 1 atom stereocenters. The van der Waals surface area contributed by atoms with Crippen LogP contribution in [0.3, 0.4) is 0 Å². The molecule has 82 valence electrons. The van der Waals surface area contributed by atoms with E-state index in [1.54, 1.807) is 6.07 Å². The third-order valence-corrected chi connectivity index (χ3v) is 4.09. The van der Waals surface area contributed by atoms with Crippen molar-refractivity contribution in [1.82, 2.24) is 4.72 Å². The van der Waals surface area contributed by atoms with Gasteiger partial charge in [0.1, 0.15) is 11.1 Å². The van der Waals surface area contributed by atoms with E-state index >= 15 is 0 Å². The molecule has 0 aliphatic carbocycles. The molecule has 0 saturated heterocycles. The molecule has 1 aromatic rings. The fraction of sp³-hybridized carbons (Fsp3) is 0.250. The molecular formula is C8H8Cl2N2O2S. The van der Waals surface area contributed by atoms with Crippen molar-refractivity contribution in [3.05, 3.63) is 23.2 Å². The smallest absolute Gasteiger partial charge is 0.244 e. The van der Waals surface area contributed by atoms with Crippen LogP contribution in [0.2, 0.25) is 5.02 Å². The standard InChI is InChI=1S/C8H8Cl2N2O2S/c9-4-8-11-6-3-5(10)1-2-7(6)15(13,14)12-8/h1-3,8,11-12H,4H2. The van der Waals surface area contributed by atoms with Gasteiger partial charge in [-0.25, -0.2) is 8.42 Å². The number of hydrogen-bond acceptors (Lipinski definition) is 3. The Labute approximate surface area is 97.6 Å². The zero-order valence-electron chi connectivity index (χ0n) is 7.50. The van der Waals surface area contributed by atoms with Crippen LogP contribution >= 0.6 is 23.2 Å². The minimum absolute atomic E-state index is 0.144. The number of halogens is 2. The zero-order chi connectivity index (χ0) is 11.1. The van der Waals surface area contributed by atoms with E-state index in [0.717, 1.165) is 0 Å². The van der Waals surface area contributed by atoms with E-state index in [-0.39, 0.29) is 10.8 Å². The third kappa shape index (κ3) is 2.06. The Morgan fingerprint density at radius 1 is 1.40 bits per heavy atom. The number of benzene rings is 1. The Hall–Kier alpha value is -0.490. The van der Waals surface area contributed by atoms with Gasteiger partial charge in [-0.2, -0.15) is 4.72 Å². The summed E-state index contributed by atoms with van der Waals surface area (Å²) in [7, 11) is -3.48. The molecule has 1 aliphatic rings. The zero-order valence-corrected chi connectivity index (χ0v) is 9.83. The summed E-state index contributed by atoms with van der Waals surface area (Å²) < 4.78 is 25.8. The summed E-state index contributed by atoms with van der Waals surface area (Å²) in [6.45, 7) is 0. The van der Waals surface area contributed by atoms with Crippen LogP contribution < -0.4 is 10.0 Å². The highest BCUT2D eigenvalue weighted by Gasteiger charge is 2.28. The highest BCUT2D eigenvalue weighted by atomic mass is 35.5. The Kier molecular flexibility index (Phi) is 2.81. The molecule has 1 unspecified atom stereocenters. The molecule has 0 aromatic heterocycles. The first-order valence-corrected chi connectivity index (χ1v) is 6.57. The second-order valence-electron chi connectivity index (χ2n) is 3.11. The normalized spacial score (nSPS) is 22.9. The number of sulfonamides is 1. The maximum atomic E-state index is 11.7. The summed E-state index contributed by atoms with van der Waals surface area (Å²) in [6, 6.07) is 4.55. The van der Waals surface area contributed by atoms with E-state index in [2.05, 4.69) is 10.0 Å². The number of anilines is 1. The predicted octanol–water partition coefficient (Wildman–Crippen LogP) is 1.61. The molecule has 0 saturated carbocycles. The van der Waals surface area contributed by atoms with E-state index in [1.807, 2.05) is 0 Å². The molecule has 1 aromatic carbocycles. The lowest BCUT2D eigenvalue weighted by Gasteiger charge is -2.26. The quantitative estimate of drug-likeness (QED) is 0.760. The van der Waals surface area contributed by atoms with E-state index in [4.69, 9.17) is 23.2 Å². The van der Waals surface area contributed by atoms with Gasteiger partial charge in [-0.3, -0.25) is 0 Å². The first-order valence-electron chi connectivity index (χ1n) is 4.17. The first-order chi connectivity index (χ1) is 7.03. The highest BCUT2D eigenvalue weighted by Crippen LogP contribution is 2.28. The average molecular weight is 267 g/mol. The van der Waals surface area contributed by atoms with Crippen molar-refractivity contribution in [2.45, 2.75) is 11.1 Å². The number of hydrogen-bond donors (Lipinski definition) is 2. The van der Waals surface area contributed by atoms with Gasteiger partial charge in [0.25, 0.3) is 0 Å². The summed E-state index contributed by atoms with van der Waals surface area (Å²) >= 11 is 11.4. The van der Waals surface area contributed by atoms with Crippen molar-refractivity contribution in [2.24, 2.45) is 0 Å². The minimum Gasteiger partial charge on any atom is -0.367 e. The maximum absolute atomic E-state index is 11.7. The van der Waals surface area contributed by atoms with Crippen molar-refractivity contribution < 1.29 is 8.42 Å². The number of alkyl halides is 1. The molecule has 0 fully saturated rings. The van der Waals surface area contributed by atoms with Crippen LogP contribution in [0.5, 0.6) is 0 Å². The van der Waals surface area contributed by atoms with Crippen LogP contribution in [-0.2, 0) is 10.0 Å². The fourth-order valence-electron chi connectivity index (χ4n) is 1.39. The van der Waals surface area contributed by atoms with Crippen LogP contribution in [0.25, 0.3) is 0 Å². The predicted molar refractivity (Wildman–Crippen MR) is 59.9 cm³/mol. The van der Waals surface area contributed by atoms with Crippen molar-refractivity contribution >= 4 is 38.9 Å². The molecule has 2 rings (SSSR count). The van der Waals surface area contributed by atoms with Gasteiger partial charge in [-0.1, -0.05) is 11.6 Å². The molecule has 1 heterocycles. The van der Waals surface area contributed by atoms with Crippen molar-refractivity contribution in [3.63, 3.8) is 0 Å². The summed E-state index contributed by atoms with van der Waals surface area (Å²) in [4.78, 5) is 0.188. The third-order valence-electron chi connectivity index (χ3n) is 2.01. The summed E-state index contributed by atoms with van der Waals surface area (Å²) in [5.41, 5.74) is 0.479. The van der Waals surface area contributed by atoms with Crippen LogP contribution in [0, 0.1) is 0 Å². The van der Waals surface area contributed by atoms with E-state index in [9.17, 15) is 8.42 Å². The second kappa shape index (κ2) is 3.83. The minimum atomic E-state index is -3.48. The Morgan fingerprint density at radius 2 is 2.13 bits per heavy atom. The molecule has 15 heavy (non-hydrogen) atoms. The molecule has 1 aliphatic heterocycles. The molecule has 7 heteroatoms. The van der Waals surface area contributed by atoms with Crippen molar-refractivity contribution in [2.75, 3.05) is 11.2 Å². The van der Waals surface area contributed by atoms with Gasteiger partial charge in [-0.05, 0) is 18.2 Å². The average Bonchev–Trinajstić information content (AvgIpc) is 2.15. The SMILES string of the molecule is O=S1(=O)NC(CCl)Nc2cc(Cl)ccc21. The van der Waals surface area contributed by atoms with Crippen LogP contribution in [-0.4, -0.2) is 20.5 Å². The maximum Gasteiger partial charge on any atom is 0.244 e. The van der Waals surface area contributed by atoms with Gasteiger partial charge in [-0.15, -0.1) is 11.6 Å². The highest BCUT2D eigenvalue weighted by molar-refractivity contribution is 7.89. The van der Waals surface area contributed by atoms with Crippen LogP contribution in [0.15, 0.2) is 23.1 Å². The second-order valence-corrected chi connectivity index (χ2v) is 5.54. The summed E-state index contributed by atoms with van der Waals surface area (Å²) in [6.07, 6.45) is -0.498. The lowest BCUT2D eigenvalue weighted by molar-refractivity contribution is 0.566. The molecule has 0 spiro atoms. The van der Waals surface area contributed by atoms with Crippen LogP contribution in [0.4, 0.5) is 5.69 Å². The number of fused-ring (bicyclic) bond motifs is 1. The Balaban J connectivity index is 2.55. The number of nitrogens with one attached hydrogen (secondary N) is 2. The largest absolute Gasteiger partial charge is 0.367 e. The first kappa shape index (κ1) is 11.0. The van der Waals surface area contributed by atoms with Gasteiger partial charge in [0.15, 0.2) is 0 Å². The van der Waals surface area contributed by atoms with Gasteiger partial charge in [0.05, 0.1) is 11.6 Å². The molecule has 0 bridgehead atoms. The van der Waals surface area contributed by atoms with E-state index in [1.165, 1.54) is 12.1 Å². The number of rotatable bonds is 1. The van der Waals surface area contributed by atoms with Gasteiger partial charge < -0.3 is 5.32 Å². The lowest BCUT2D eigenvalue weighted by Crippen LogP contribution is -2.45. The monoisotopic (exact) mass is 266 g/mol. The van der Waals surface area contributed by atoms with Crippen molar-refractivity contribution in [1.29, 1.82) is 0 Å². The Morgan fingerprint density at radius 3 is 2.80 bits per heavy atom. The molecule has 0 amide bonds. The van der Waals surface area contributed by atoms with Gasteiger partial charge in [0.2, 0.25) is 10.0 Å². The van der Waals surface area contributed by atoms with Crippen LogP contribution in [0.1, 0.15) is 0 Å². The summed E-state index contributed by atoms with van der Waals surface area (Å²) in [5, 5.41) is 3.41. The van der Waals surface area contributed by atoms with E-state index < -0.39 is 16.2 Å². The Bertz CT molecular complexity index is 489. The summed E-state index contributed by atoms with van der Waals surface area (Å²) in [5.74, 6) is 0.144. The van der Waals surface area contributed by atoms with Gasteiger partial charge in [0, 0.05) is 5.02 Å². The fourth-order valence-corrected chi connectivity index (χ4v) is 3.10. The molecular weight excluding hydrogens is 259 g/mol. The van der Waals surface area contributed by atoms with Crippen molar-refractivity contribution in [3.8, 4) is 0 Å². The van der Waals surface area contributed by atoms with Gasteiger partial charge >= 0.3 is 0 Å².